The molecule has 0 unspecified atom stereocenters. The van der Waals surface area contributed by atoms with Crippen molar-refractivity contribution in [2.75, 3.05) is 13.2 Å². The highest BCUT2D eigenvalue weighted by Gasteiger charge is 2.22. The molecule has 5 nitrogen and oxygen atoms in total. The summed E-state index contributed by atoms with van der Waals surface area (Å²) in [5.41, 5.74) is 0.687. The second kappa shape index (κ2) is 6.67. The summed E-state index contributed by atoms with van der Waals surface area (Å²) in [5.74, 6) is -1.22. The number of carbonyl (C=O) groups is 2. The van der Waals surface area contributed by atoms with Crippen molar-refractivity contribution in [1.29, 1.82) is 0 Å². The molecule has 2 rings (SSSR count). The van der Waals surface area contributed by atoms with E-state index in [1.807, 2.05) is 12.1 Å². The van der Waals surface area contributed by atoms with Crippen molar-refractivity contribution >= 4 is 38.8 Å². The SMILES string of the molecule is CCOC(=O)c1cc2ccc(Br)cc2nc1C(=O)OCC. The minimum absolute atomic E-state index is 0.0269. The van der Waals surface area contributed by atoms with Crippen LogP contribution in [0.3, 0.4) is 0 Å². The summed E-state index contributed by atoms with van der Waals surface area (Å²) in [5, 5.41) is 0.745. The van der Waals surface area contributed by atoms with E-state index >= 15 is 0 Å². The summed E-state index contributed by atoms with van der Waals surface area (Å²) >= 11 is 3.35. The first-order chi connectivity index (χ1) is 10.1. The molecule has 110 valence electrons. The number of benzene rings is 1. The minimum atomic E-state index is -0.637. The van der Waals surface area contributed by atoms with Gasteiger partial charge in [0.1, 0.15) is 0 Å². The minimum Gasteiger partial charge on any atom is -0.462 e. The number of aromatic nitrogens is 1. The van der Waals surface area contributed by atoms with E-state index in [1.165, 1.54) is 0 Å². The van der Waals surface area contributed by atoms with Gasteiger partial charge in [0.15, 0.2) is 5.69 Å². The van der Waals surface area contributed by atoms with Crippen molar-refractivity contribution in [3.05, 3.63) is 40.0 Å². The number of ether oxygens (including phenoxy) is 2. The number of hydrogen-bond acceptors (Lipinski definition) is 5. The van der Waals surface area contributed by atoms with Crippen LogP contribution in [0.1, 0.15) is 34.7 Å². The van der Waals surface area contributed by atoms with Crippen LogP contribution >= 0.6 is 15.9 Å². The van der Waals surface area contributed by atoms with Gasteiger partial charge in [-0.3, -0.25) is 0 Å². The highest BCUT2D eigenvalue weighted by Crippen LogP contribution is 2.22. The molecule has 0 radical (unpaired) electrons. The molecular weight excluding hydrogens is 338 g/mol. The van der Waals surface area contributed by atoms with E-state index in [0.717, 1.165) is 9.86 Å². The van der Waals surface area contributed by atoms with E-state index in [-0.39, 0.29) is 24.5 Å². The van der Waals surface area contributed by atoms with E-state index in [4.69, 9.17) is 9.47 Å². The molecule has 0 fully saturated rings. The third kappa shape index (κ3) is 3.39. The van der Waals surface area contributed by atoms with Crippen LogP contribution in [-0.4, -0.2) is 30.1 Å². The fourth-order valence-electron chi connectivity index (χ4n) is 1.86. The molecule has 1 heterocycles. The molecule has 0 aliphatic carbocycles. The summed E-state index contributed by atoms with van der Waals surface area (Å²) in [7, 11) is 0. The smallest absolute Gasteiger partial charge is 0.357 e. The van der Waals surface area contributed by atoms with Gasteiger partial charge in [0.25, 0.3) is 0 Å². The van der Waals surface area contributed by atoms with Crippen LogP contribution in [-0.2, 0) is 9.47 Å². The van der Waals surface area contributed by atoms with E-state index in [0.29, 0.717) is 5.52 Å². The van der Waals surface area contributed by atoms with E-state index < -0.39 is 11.9 Å². The molecule has 0 amide bonds. The summed E-state index contributed by atoms with van der Waals surface area (Å²) in [6.45, 7) is 3.83. The number of pyridine rings is 1. The standard InChI is InChI=1S/C15H14BrNO4/c1-3-20-14(18)11-7-9-5-6-10(16)8-12(9)17-13(11)15(19)21-4-2/h5-8H,3-4H2,1-2H3. The Hall–Kier alpha value is -1.95. The molecule has 0 atom stereocenters. The lowest BCUT2D eigenvalue weighted by Gasteiger charge is -2.09. The second-order valence-electron chi connectivity index (χ2n) is 4.16. The Kier molecular flexibility index (Phi) is 4.90. The normalized spacial score (nSPS) is 10.4. The second-order valence-corrected chi connectivity index (χ2v) is 5.08. The summed E-state index contributed by atoms with van der Waals surface area (Å²) < 4.78 is 10.8. The molecule has 0 aliphatic heterocycles. The lowest BCUT2D eigenvalue weighted by atomic mass is 10.1. The van der Waals surface area contributed by atoms with Crippen LogP contribution < -0.4 is 0 Å². The van der Waals surface area contributed by atoms with Crippen molar-refractivity contribution in [2.24, 2.45) is 0 Å². The number of carbonyl (C=O) groups excluding carboxylic acids is 2. The van der Waals surface area contributed by atoms with E-state index in [2.05, 4.69) is 20.9 Å². The van der Waals surface area contributed by atoms with Crippen LogP contribution in [0.2, 0.25) is 0 Å². The number of rotatable bonds is 4. The van der Waals surface area contributed by atoms with E-state index in [1.54, 1.807) is 26.0 Å². The highest BCUT2D eigenvalue weighted by atomic mass is 79.9. The lowest BCUT2D eigenvalue weighted by molar-refractivity contribution is 0.0474. The van der Waals surface area contributed by atoms with Gasteiger partial charge in [-0.2, -0.15) is 0 Å². The van der Waals surface area contributed by atoms with Crippen molar-refractivity contribution in [3.8, 4) is 0 Å². The third-order valence-electron chi connectivity index (χ3n) is 2.74. The maximum atomic E-state index is 12.0. The lowest BCUT2D eigenvalue weighted by Crippen LogP contribution is -2.16. The predicted molar refractivity (Wildman–Crippen MR) is 81.4 cm³/mol. The van der Waals surface area contributed by atoms with Gasteiger partial charge in [0, 0.05) is 9.86 Å². The maximum Gasteiger partial charge on any atom is 0.357 e. The van der Waals surface area contributed by atoms with Gasteiger partial charge >= 0.3 is 11.9 Å². The van der Waals surface area contributed by atoms with Crippen LogP contribution in [0.25, 0.3) is 10.9 Å². The summed E-state index contributed by atoms with van der Waals surface area (Å²) in [4.78, 5) is 28.3. The Morgan fingerprint density at radius 1 is 1.10 bits per heavy atom. The van der Waals surface area contributed by atoms with Crippen LogP contribution in [0.15, 0.2) is 28.7 Å². The molecule has 0 saturated carbocycles. The van der Waals surface area contributed by atoms with Gasteiger partial charge in [-0.25, -0.2) is 14.6 Å². The fourth-order valence-corrected chi connectivity index (χ4v) is 2.21. The fraction of sp³-hybridized carbons (Fsp3) is 0.267. The maximum absolute atomic E-state index is 12.0. The average molecular weight is 352 g/mol. The Balaban J connectivity index is 2.62. The first-order valence-corrected chi connectivity index (χ1v) is 7.30. The Labute approximate surface area is 130 Å². The van der Waals surface area contributed by atoms with Crippen LogP contribution in [0, 0.1) is 0 Å². The number of hydrogen-bond donors (Lipinski definition) is 0. The largest absolute Gasteiger partial charge is 0.462 e. The zero-order valence-electron chi connectivity index (χ0n) is 11.7. The molecule has 0 spiro atoms. The van der Waals surface area contributed by atoms with Gasteiger partial charge in [0.2, 0.25) is 0 Å². The Bertz CT molecular complexity index is 699. The molecule has 6 heteroatoms. The van der Waals surface area contributed by atoms with Gasteiger partial charge in [-0.1, -0.05) is 22.0 Å². The average Bonchev–Trinajstić information content (AvgIpc) is 2.46. The molecule has 0 saturated heterocycles. The Morgan fingerprint density at radius 2 is 1.76 bits per heavy atom. The first kappa shape index (κ1) is 15.4. The van der Waals surface area contributed by atoms with Crippen molar-refractivity contribution < 1.29 is 19.1 Å². The Morgan fingerprint density at radius 3 is 2.43 bits per heavy atom. The zero-order valence-corrected chi connectivity index (χ0v) is 13.3. The topological polar surface area (TPSA) is 65.5 Å². The van der Waals surface area contributed by atoms with Gasteiger partial charge in [-0.05, 0) is 32.0 Å². The highest BCUT2D eigenvalue weighted by molar-refractivity contribution is 9.10. The quantitative estimate of drug-likeness (QED) is 0.790. The molecule has 21 heavy (non-hydrogen) atoms. The zero-order chi connectivity index (χ0) is 15.4. The third-order valence-corrected chi connectivity index (χ3v) is 3.24. The number of halogens is 1. The summed E-state index contributed by atoms with van der Waals surface area (Å²) in [6, 6.07) is 7.01. The van der Waals surface area contributed by atoms with Crippen molar-refractivity contribution in [3.63, 3.8) is 0 Å². The van der Waals surface area contributed by atoms with E-state index in [9.17, 15) is 9.59 Å². The monoisotopic (exact) mass is 351 g/mol. The molecule has 0 N–H and O–H groups in total. The van der Waals surface area contributed by atoms with Crippen molar-refractivity contribution in [2.45, 2.75) is 13.8 Å². The molecule has 0 aliphatic rings. The predicted octanol–water partition coefficient (Wildman–Crippen LogP) is 3.35. The molecule has 0 bridgehead atoms. The molecule has 2 aromatic rings. The molecular formula is C15H14BrNO4. The number of esters is 2. The van der Waals surface area contributed by atoms with Gasteiger partial charge in [0.05, 0.1) is 24.3 Å². The van der Waals surface area contributed by atoms with Crippen LogP contribution in [0.4, 0.5) is 0 Å². The van der Waals surface area contributed by atoms with Crippen LogP contribution in [0.5, 0.6) is 0 Å². The number of fused-ring (bicyclic) bond motifs is 1. The summed E-state index contributed by atoms with van der Waals surface area (Å²) in [6.07, 6.45) is 0. The molecule has 1 aromatic heterocycles. The van der Waals surface area contributed by atoms with Gasteiger partial charge < -0.3 is 9.47 Å². The van der Waals surface area contributed by atoms with Gasteiger partial charge in [-0.15, -0.1) is 0 Å². The number of nitrogens with zero attached hydrogens (tertiary/aromatic N) is 1. The first-order valence-electron chi connectivity index (χ1n) is 6.51. The molecule has 1 aromatic carbocycles. The van der Waals surface area contributed by atoms with Crippen molar-refractivity contribution in [1.82, 2.24) is 4.98 Å².